The molecule has 2 aromatic heterocycles. The molecule has 1 N–H and O–H groups in total. The van der Waals surface area contributed by atoms with E-state index in [1.165, 1.54) is 11.3 Å². The lowest BCUT2D eigenvalue weighted by atomic mass is 10.2. The number of hydrogen-bond donors (Lipinski definition) is 1. The topological polar surface area (TPSA) is 77.1 Å². The SMILES string of the molecule is Cc1ccc(NC(=O)[C@H](C)n2nc(-c3cccs3)oc2=O)cc1. The minimum Gasteiger partial charge on any atom is -0.387 e. The minimum atomic E-state index is -0.777. The van der Waals surface area contributed by atoms with Gasteiger partial charge in [-0.2, -0.15) is 4.68 Å². The van der Waals surface area contributed by atoms with Gasteiger partial charge in [0.05, 0.1) is 4.88 Å². The first-order valence-corrected chi connectivity index (χ1v) is 7.93. The Morgan fingerprint density at radius 3 is 2.70 bits per heavy atom. The molecule has 23 heavy (non-hydrogen) atoms. The third-order valence-electron chi connectivity index (χ3n) is 3.37. The molecule has 118 valence electrons. The molecule has 0 unspecified atom stereocenters. The van der Waals surface area contributed by atoms with Gasteiger partial charge in [0, 0.05) is 5.69 Å². The van der Waals surface area contributed by atoms with Crippen LogP contribution in [0.2, 0.25) is 0 Å². The molecule has 1 atom stereocenters. The van der Waals surface area contributed by atoms with Crippen molar-refractivity contribution in [3.05, 3.63) is 57.9 Å². The van der Waals surface area contributed by atoms with Gasteiger partial charge >= 0.3 is 5.76 Å². The van der Waals surface area contributed by atoms with Crippen molar-refractivity contribution in [3.8, 4) is 10.8 Å². The minimum absolute atomic E-state index is 0.222. The summed E-state index contributed by atoms with van der Waals surface area (Å²) in [6, 6.07) is 10.3. The van der Waals surface area contributed by atoms with Crippen molar-refractivity contribution in [2.75, 3.05) is 5.32 Å². The molecule has 0 saturated heterocycles. The maximum atomic E-state index is 12.3. The van der Waals surface area contributed by atoms with Crippen LogP contribution in [-0.2, 0) is 4.79 Å². The molecule has 3 aromatic rings. The van der Waals surface area contributed by atoms with Crippen LogP contribution in [0.25, 0.3) is 10.8 Å². The van der Waals surface area contributed by atoms with E-state index in [2.05, 4.69) is 10.4 Å². The van der Waals surface area contributed by atoms with Crippen molar-refractivity contribution in [2.45, 2.75) is 19.9 Å². The Balaban J connectivity index is 1.79. The number of rotatable bonds is 4. The molecule has 6 nitrogen and oxygen atoms in total. The molecule has 7 heteroatoms. The van der Waals surface area contributed by atoms with Crippen LogP contribution >= 0.6 is 11.3 Å². The summed E-state index contributed by atoms with van der Waals surface area (Å²) in [7, 11) is 0. The first kappa shape index (κ1) is 15.2. The Bertz CT molecular complexity index is 863. The normalized spacial score (nSPS) is 12.1. The van der Waals surface area contributed by atoms with Gasteiger partial charge in [0.25, 0.3) is 5.89 Å². The van der Waals surface area contributed by atoms with Crippen LogP contribution < -0.4 is 11.1 Å². The van der Waals surface area contributed by atoms with E-state index >= 15 is 0 Å². The fourth-order valence-electron chi connectivity index (χ4n) is 2.03. The molecule has 0 fully saturated rings. The molecule has 0 spiro atoms. The molecule has 3 rings (SSSR count). The van der Waals surface area contributed by atoms with Crippen LogP contribution in [0.4, 0.5) is 5.69 Å². The van der Waals surface area contributed by atoms with Gasteiger partial charge in [-0.3, -0.25) is 4.79 Å². The van der Waals surface area contributed by atoms with Gasteiger partial charge in [-0.15, -0.1) is 16.4 Å². The Labute approximate surface area is 136 Å². The molecule has 0 saturated carbocycles. The van der Waals surface area contributed by atoms with Crippen molar-refractivity contribution in [1.29, 1.82) is 0 Å². The van der Waals surface area contributed by atoms with E-state index in [9.17, 15) is 9.59 Å². The highest BCUT2D eigenvalue weighted by Crippen LogP contribution is 2.22. The fraction of sp³-hybridized carbons (Fsp3) is 0.188. The van der Waals surface area contributed by atoms with Crippen LogP contribution in [0.3, 0.4) is 0 Å². The summed E-state index contributed by atoms with van der Waals surface area (Å²) in [5.41, 5.74) is 1.77. The van der Waals surface area contributed by atoms with Crippen LogP contribution in [0.5, 0.6) is 0 Å². The molecule has 0 aliphatic rings. The van der Waals surface area contributed by atoms with E-state index in [0.717, 1.165) is 15.1 Å². The number of aromatic nitrogens is 2. The zero-order chi connectivity index (χ0) is 16.4. The Hall–Kier alpha value is -2.67. The highest BCUT2D eigenvalue weighted by Gasteiger charge is 2.21. The van der Waals surface area contributed by atoms with Gasteiger partial charge in [0.2, 0.25) is 5.91 Å². The van der Waals surface area contributed by atoms with Gasteiger partial charge < -0.3 is 9.73 Å². The number of aryl methyl sites for hydroxylation is 1. The second-order valence-corrected chi connectivity index (χ2v) is 6.07. The van der Waals surface area contributed by atoms with Crippen LogP contribution in [-0.4, -0.2) is 15.7 Å². The number of anilines is 1. The highest BCUT2D eigenvalue weighted by molar-refractivity contribution is 7.13. The van der Waals surface area contributed by atoms with E-state index < -0.39 is 11.8 Å². The van der Waals surface area contributed by atoms with Crippen molar-refractivity contribution >= 4 is 22.9 Å². The number of amides is 1. The van der Waals surface area contributed by atoms with E-state index in [-0.39, 0.29) is 11.8 Å². The summed E-state index contributed by atoms with van der Waals surface area (Å²) in [4.78, 5) is 25.0. The average Bonchev–Trinajstić information content (AvgIpc) is 3.18. The first-order valence-electron chi connectivity index (χ1n) is 7.05. The zero-order valence-electron chi connectivity index (χ0n) is 12.6. The number of hydrogen-bond acceptors (Lipinski definition) is 5. The Morgan fingerprint density at radius 1 is 1.30 bits per heavy atom. The quantitative estimate of drug-likeness (QED) is 0.798. The van der Waals surface area contributed by atoms with Gasteiger partial charge in [0.1, 0.15) is 6.04 Å². The average molecular weight is 329 g/mol. The molecule has 2 heterocycles. The maximum Gasteiger partial charge on any atom is 0.438 e. The number of nitrogens with zero attached hydrogens (tertiary/aromatic N) is 2. The second-order valence-electron chi connectivity index (χ2n) is 5.13. The summed E-state index contributed by atoms with van der Waals surface area (Å²) in [5.74, 6) is -0.762. The monoisotopic (exact) mass is 329 g/mol. The summed E-state index contributed by atoms with van der Waals surface area (Å²) < 4.78 is 6.18. The lowest BCUT2D eigenvalue weighted by molar-refractivity contribution is -0.119. The summed E-state index contributed by atoms with van der Waals surface area (Å²) >= 11 is 1.41. The smallest absolute Gasteiger partial charge is 0.387 e. The third kappa shape index (κ3) is 3.24. The van der Waals surface area contributed by atoms with E-state index in [0.29, 0.717) is 5.69 Å². The van der Waals surface area contributed by atoms with E-state index in [1.807, 2.05) is 42.6 Å². The summed E-state index contributed by atoms with van der Waals surface area (Å²) in [6.45, 7) is 3.57. The van der Waals surface area contributed by atoms with Gasteiger partial charge in [-0.25, -0.2) is 4.79 Å². The molecule has 0 radical (unpaired) electrons. The number of benzene rings is 1. The van der Waals surface area contributed by atoms with Gasteiger partial charge in [-0.1, -0.05) is 23.8 Å². The van der Waals surface area contributed by atoms with Crippen LogP contribution in [0.15, 0.2) is 51.0 Å². The third-order valence-corrected chi connectivity index (χ3v) is 4.22. The molecular weight excluding hydrogens is 314 g/mol. The largest absolute Gasteiger partial charge is 0.438 e. The Morgan fingerprint density at radius 2 is 2.04 bits per heavy atom. The lowest BCUT2D eigenvalue weighted by Gasteiger charge is -2.11. The zero-order valence-corrected chi connectivity index (χ0v) is 13.5. The summed E-state index contributed by atoms with van der Waals surface area (Å²) in [6.07, 6.45) is 0. The number of thiophene rings is 1. The van der Waals surface area contributed by atoms with Crippen molar-refractivity contribution in [3.63, 3.8) is 0 Å². The number of carbonyl (C=O) groups is 1. The number of carbonyl (C=O) groups excluding carboxylic acids is 1. The fourth-order valence-corrected chi connectivity index (χ4v) is 2.67. The second kappa shape index (κ2) is 6.21. The predicted molar refractivity (Wildman–Crippen MR) is 88.6 cm³/mol. The van der Waals surface area contributed by atoms with Crippen LogP contribution in [0, 0.1) is 6.92 Å². The number of nitrogens with one attached hydrogen (secondary N) is 1. The molecule has 1 amide bonds. The lowest BCUT2D eigenvalue weighted by Crippen LogP contribution is -2.30. The standard InChI is InChI=1S/C16H15N3O3S/c1-10-5-7-12(8-6-10)17-14(20)11(2)19-16(21)22-15(18-19)13-4-3-9-23-13/h3-9,11H,1-2H3,(H,17,20)/t11-/m0/s1. The maximum absolute atomic E-state index is 12.3. The molecule has 1 aromatic carbocycles. The van der Waals surface area contributed by atoms with E-state index in [4.69, 9.17) is 4.42 Å². The van der Waals surface area contributed by atoms with Gasteiger partial charge in [0.15, 0.2) is 0 Å². The molecular formula is C16H15N3O3S. The highest BCUT2D eigenvalue weighted by atomic mass is 32.1. The summed E-state index contributed by atoms with van der Waals surface area (Å²) in [5, 5.41) is 8.74. The van der Waals surface area contributed by atoms with Crippen molar-refractivity contribution < 1.29 is 9.21 Å². The van der Waals surface area contributed by atoms with Crippen LogP contribution in [0.1, 0.15) is 18.5 Å². The van der Waals surface area contributed by atoms with Crippen molar-refractivity contribution in [2.24, 2.45) is 0 Å². The molecule has 0 bridgehead atoms. The molecule has 0 aliphatic carbocycles. The molecule has 0 aliphatic heterocycles. The van der Waals surface area contributed by atoms with E-state index in [1.54, 1.807) is 13.0 Å². The predicted octanol–water partition coefficient (Wildman–Crippen LogP) is 3.07. The van der Waals surface area contributed by atoms with Crippen molar-refractivity contribution in [1.82, 2.24) is 9.78 Å². The van der Waals surface area contributed by atoms with Gasteiger partial charge in [-0.05, 0) is 37.4 Å². The Kier molecular flexibility index (Phi) is 4.12. The first-order chi connectivity index (χ1) is 11.0.